The highest BCUT2D eigenvalue weighted by molar-refractivity contribution is 5.76. The van der Waals surface area contributed by atoms with Crippen LogP contribution in [-0.2, 0) is 4.74 Å². The molecule has 2 saturated heterocycles. The topological polar surface area (TPSA) is 61.9 Å². The number of ether oxygens (including phenoxy) is 1. The SMILES string of the molecule is CCNC(=O)N1C2CCC1CN(C(=O)OC1CC1)C2. The zero-order valence-corrected chi connectivity index (χ0v) is 11.3. The van der Waals surface area contributed by atoms with Gasteiger partial charge >= 0.3 is 12.1 Å². The van der Waals surface area contributed by atoms with Crippen molar-refractivity contribution in [1.29, 1.82) is 0 Å². The Labute approximate surface area is 113 Å². The molecular formula is C13H21N3O3. The number of amides is 3. The normalized spacial score (nSPS) is 29.3. The van der Waals surface area contributed by atoms with Crippen LogP contribution >= 0.6 is 0 Å². The smallest absolute Gasteiger partial charge is 0.410 e. The Bertz CT molecular complexity index is 369. The Hall–Kier alpha value is -1.46. The summed E-state index contributed by atoms with van der Waals surface area (Å²) in [6, 6.07) is 0.305. The summed E-state index contributed by atoms with van der Waals surface area (Å²) in [5.41, 5.74) is 0. The van der Waals surface area contributed by atoms with Gasteiger partial charge in [0.2, 0.25) is 0 Å². The summed E-state index contributed by atoms with van der Waals surface area (Å²) in [5, 5.41) is 2.85. The van der Waals surface area contributed by atoms with E-state index in [1.165, 1.54) is 0 Å². The molecule has 0 aromatic rings. The van der Waals surface area contributed by atoms with Gasteiger partial charge in [-0.15, -0.1) is 0 Å². The number of nitrogens with zero attached hydrogens (tertiary/aromatic N) is 2. The van der Waals surface area contributed by atoms with Crippen LogP contribution in [0.4, 0.5) is 9.59 Å². The summed E-state index contributed by atoms with van der Waals surface area (Å²) in [6.45, 7) is 3.78. The van der Waals surface area contributed by atoms with Crippen molar-refractivity contribution in [3.8, 4) is 0 Å². The average molecular weight is 267 g/mol. The minimum Gasteiger partial charge on any atom is -0.446 e. The van der Waals surface area contributed by atoms with E-state index in [4.69, 9.17) is 4.74 Å². The molecule has 19 heavy (non-hydrogen) atoms. The first-order chi connectivity index (χ1) is 9.19. The van der Waals surface area contributed by atoms with Gasteiger partial charge in [-0.3, -0.25) is 0 Å². The van der Waals surface area contributed by atoms with Gasteiger partial charge in [-0.1, -0.05) is 0 Å². The standard InChI is InChI=1S/C13H21N3O3/c1-2-14-12(17)16-9-3-4-10(16)8-15(7-9)13(18)19-11-5-6-11/h9-11H,2-8H2,1H3,(H,14,17). The van der Waals surface area contributed by atoms with Gasteiger partial charge in [-0.25, -0.2) is 9.59 Å². The fraction of sp³-hybridized carbons (Fsp3) is 0.846. The third-order valence-corrected chi connectivity index (χ3v) is 4.09. The van der Waals surface area contributed by atoms with Gasteiger partial charge in [0, 0.05) is 19.6 Å². The summed E-state index contributed by atoms with van der Waals surface area (Å²) in [4.78, 5) is 27.7. The van der Waals surface area contributed by atoms with Gasteiger partial charge < -0.3 is 19.9 Å². The number of carbonyl (C=O) groups excluding carboxylic acids is 2. The van der Waals surface area contributed by atoms with Crippen molar-refractivity contribution >= 4 is 12.1 Å². The zero-order chi connectivity index (χ0) is 13.4. The third kappa shape index (κ3) is 2.48. The number of nitrogens with one attached hydrogen (secondary N) is 1. The van der Waals surface area contributed by atoms with Crippen LogP contribution in [0.5, 0.6) is 0 Å². The largest absolute Gasteiger partial charge is 0.446 e. The van der Waals surface area contributed by atoms with E-state index in [9.17, 15) is 9.59 Å². The molecule has 3 rings (SSSR count). The van der Waals surface area contributed by atoms with E-state index >= 15 is 0 Å². The molecule has 6 heteroatoms. The Balaban J connectivity index is 1.60. The molecule has 0 aromatic heterocycles. The number of carbonyl (C=O) groups is 2. The molecule has 0 spiro atoms. The highest BCUT2D eigenvalue weighted by Crippen LogP contribution is 2.31. The molecule has 3 aliphatic rings. The maximum Gasteiger partial charge on any atom is 0.410 e. The van der Waals surface area contributed by atoms with E-state index in [-0.39, 0.29) is 30.3 Å². The quantitative estimate of drug-likeness (QED) is 0.816. The first-order valence-corrected chi connectivity index (χ1v) is 7.20. The minimum atomic E-state index is -0.199. The molecule has 1 N–H and O–H groups in total. The Morgan fingerprint density at radius 1 is 1.16 bits per heavy atom. The van der Waals surface area contributed by atoms with E-state index in [0.717, 1.165) is 25.7 Å². The fourth-order valence-electron chi connectivity index (χ4n) is 3.03. The molecule has 3 fully saturated rings. The van der Waals surface area contributed by atoms with Crippen LogP contribution in [-0.4, -0.2) is 59.7 Å². The van der Waals surface area contributed by atoms with Crippen molar-refractivity contribution in [2.24, 2.45) is 0 Å². The molecule has 6 nitrogen and oxygen atoms in total. The van der Waals surface area contributed by atoms with Crippen LogP contribution in [0.3, 0.4) is 0 Å². The molecule has 2 bridgehead atoms. The van der Waals surface area contributed by atoms with E-state index in [1.54, 1.807) is 4.90 Å². The van der Waals surface area contributed by atoms with Crippen molar-refractivity contribution in [3.05, 3.63) is 0 Å². The number of piperazine rings is 1. The maximum atomic E-state index is 12.0. The maximum absolute atomic E-state index is 12.0. The second kappa shape index (κ2) is 4.90. The van der Waals surface area contributed by atoms with Crippen LogP contribution in [0.25, 0.3) is 0 Å². The molecule has 2 aliphatic heterocycles. The second-order valence-electron chi connectivity index (χ2n) is 5.62. The first-order valence-electron chi connectivity index (χ1n) is 7.20. The number of hydrogen-bond acceptors (Lipinski definition) is 3. The van der Waals surface area contributed by atoms with Gasteiger partial charge in [-0.2, -0.15) is 0 Å². The van der Waals surface area contributed by atoms with Gasteiger partial charge in [0.15, 0.2) is 0 Å². The number of fused-ring (bicyclic) bond motifs is 2. The lowest BCUT2D eigenvalue weighted by Crippen LogP contribution is -2.59. The molecular weight excluding hydrogens is 246 g/mol. The van der Waals surface area contributed by atoms with Crippen LogP contribution in [0.2, 0.25) is 0 Å². The Morgan fingerprint density at radius 3 is 2.32 bits per heavy atom. The fourth-order valence-corrected chi connectivity index (χ4v) is 3.03. The Morgan fingerprint density at radius 2 is 1.79 bits per heavy atom. The highest BCUT2D eigenvalue weighted by Gasteiger charge is 2.44. The Kier molecular flexibility index (Phi) is 3.24. The summed E-state index contributed by atoms with van der Waals surface area (Å²) in [7, 11) is 0. The predicted octanol–water partition coefficient (Wildman–Crippen LogP) is 1.16. The highest BCUT2D eigenvalue weighted by atomic mass is 16.6. The van der Waals surface area contributed by atoms with Gasteiger partial charge in [0.25, 0.3) is 0 Å². The van der Waals surface area contributed by atoms with Crippen LogP contribution in [0, 0.1) is 0 Å². The molecule has 0 aromatic carbocycles. The van der Waals surface area contributed by atoms with Gasteiger partial charge in [0.1, 0.15) is 6.10 Å². The van der Waals surface area contributed by atoms with Crippen molar-refractivity contribution in [1.82, 2.24) is 15.1 Å². The van der Waals surface area contributed by atoms with E-state index in [0.29, 0.717) is 19.6 Å². The predicted molar refractivity (Wildman–Crippen MR) is 68.8 cm³/mol. The van der Waals surface area contributed by atoms with Crippen LogP contribution in [0.1, 0.15) is 32.6 Å². The summed E-state index contributed by atoms with van der Waals surface area (Å²) >= 11 is 0. The molecule has 106 valence electrons. The number of likely N-dealkylation sites (tertiary alicyclic amines) is 1. The van der Waals surface area contributed by atoms with Crippen molar-refractivity contribution in [2.75, 3.05) is 19.6 Å². The lowest BCUT2D eigenvalue weighted by atomic mass is 10.2. The number of urea groups is 1. The number of hydrogen-bond donors (Lipinski definition) is 1. The van der Waals surface area contributed by atoms with E-state index in [2.05, 4.69) is 5.32 Å². The second-order valence-corrected chi connectivity index (χ2v) is 5.62. The molecule has 1 aliphatic carbocycles. The van der Waals surface area contributed by atoms with Crippen molar-refractivity contribution in [2.45, 2.75) is 50.8 Å². The molecule has 0 radical (unpaired) electrons. The molecule has 2 atom stereocenters. The summed E-state index contributed by atoms with van der Waals surface area (Å²) in [5.74, 6) is 0. The zero-order valence-electron chi connectivity index (χ0n) is 11.3. The van der Waals surface area contributed by atoms with Crippen molar-refractivity contribution < 1.29 is 14.3 Å². The number of rotatable bonds is 2. The summed E-state index contributed by atoms with van der Waals surface area (Å²) < 4.78 is 5.34. The molecule has 3 amide bonds. The lowest BCUT2D eigenvalue weighted by Gasteiger charge is -2.40. The van der Waals surface area contributed by atoms with Crippen molar-refractivity contribution in [3.63, 3.8) is 0 Å². The first kappa shape index (κ1) is 12.6. The summed E-state index contributed by atoms with van der Waals surface area (Å²) in [6.07, 6.45) is 3.90. The average Bonchev–Trinajstić information content (AvgIpc) is 3.15. The monoisotopic (exact) mass is 267 g/mol. The molecule has 1 saturated carbocycles. The lowest BCUT2D eigenvalue weighted by molar-refractivity contribution is 0.0549. The third-order valence-electron chi connectivity index (χ3n) is 4.09. The van der Waals surface area contributed by atoms with E-state index in [1.807, 2.05) is 11.8 Å². The minimum absolute atomic E-state index is 0.00482. The molecule has 2 unspecified atom stereocenters. The molecule has 2 heterocycles. The van der Waals surface area contributed by atoms with Crippen LogP contribution < -0.4 is 5.32 Å². The van der Waals surface area contributed by atoms with Crippen LogP contribution in [0.15, 0.2) is 0 Å². The van der Waals surface area contributed by atoms with E-state index < -0.39 is 0 Å². The van der Waals surface area contributed by atoms with Gasteiger partial charge in [0.05, 0.1) is 12.1 Å². The van der Waals surface area contributed by atoms with Gasteiger partial charge in [-0.05, 0) is 32.6 Å².